The maximum Gasteiger partial charge on any atom is 0.256 e. The molecule has 2 aromatic rings. The summed E-state index contributed by atoms with van der Waals surface area (Å²) < 4.78 is 16.7. The van der Waals surface area contributed by atoms with E-state index < -0.39 is 21.3 Å². The van der Waals surface area contributed by atoms with Gasteiger partial charge in [-0.2, -0.15) is 5.26 Å². The Hall–Kier alpha value is -1.77. The van der Waals surface area contributed by atoms with Crippen LogP contribution in [0.25, 0.3) is 5.76 Å². The third-order valence-corrected chi connectivity index (χ3v) is 5.10. The Morgan fingerprint density at radius 2 is 1.73 bits per heavy atom. The van der Waals surface area contributed by atoms with Crippen LogP contribution in [0.3, 0.4) is 0 Å². The van der Waals surface area contributed by atoms with E-state index in [1.165, 1.54) is 24.3 Å². The number of nitrogens with zero attached hydrogens (tertiary/aromatic N) is 1. The minimum absolute atomic E-state index is 0.0569. The average Bonchev–Trinajstić information content (AvgIpc) is 2.61. The average molecular weight is 413 g/mol. The molecular formula is C19H13Cl3FNO2. The summed E-state index contributed by atoms with van der Waals surface area (Å²) in [6, 6.07) is 16.5. The molecule has 26 heavy (non-hydrogen) atoms. The van der Waals surface area contributed by atoms with E-state index in [-0.39, 0.29) is 17.8 Å². The van der Waals surface area contributed by atoms with E-state index in [0.29, 0.717) is 5.56 Å². The maximum absolute atomic E-state index is 13.3. The van der Waals surface area contributed by atoms with Crippen molar-refractivity contribution < 1.29 is 14.2 Å². The topological polar surface area (TPSA) is 53.2 Å². The zero-order chi connectivity index (χ0) is 18.9. The summed E-state index contributed by atoms with van der Waals surface area (Å²) >= 11 is 17.9. The van der Waals surface area contributed by atoms with Gasteiger partial charge in [-0.25, -0.2) is 4.39 Å². The van der Waals surface area contributed by atoms with E-state index in [1.54, 1.807) is 0 Å². The number of alkyl halides is 3. The fraction of sp³-hybridized carbons (Fsp3) is 0.211. The third kappa shape index (κ3) is 3.54. The van der Waals surface area contributed by atoms with Crippen molar-refractivity contribution in [1.82, 2.24) is 0 Å². The lowest BCUT2D eigenvalue weighted by atomic mass is 9.82. The molecule has 0 saturated heterocycles. The third-order valence-electron chi connectivity index (χ3n) is 4.22. The van der Waals surface area contributed by atoms with Crippen LogP contribution in [0.2, 0.25) is 0 Å². The number of ether oxygens (including phenoxy) is 1. The van der Waals surface area contributed by atoms with Crippen LogP contribution >= 0.6 is 34.8 Å². The highest BCUT2D eigenvalue weighted by Crippen LogP contribution is 2.52. The summed E-state index contributed by atoms with van der Waals surface area (Å²) in [5, 5.41) is 20.6. The van der Waals surface area contributed by atoms with Gasteiger partial charge in [0, 0.05) is 17.9 Å². The van der Waals surface area contributed by atoms with Crippen molar-refractivity contribution in [3.8, 4) is 6.07 Å². The van der Waals surface area contributed by atoms with E-state index >= 15 is 0 Å². The number of benzene rings is 2. The van der Waals surface area contributed by atoms with Crippen molar-refractivity contribution in [2.45, 2.75) is 21.9 Å². The molecule has 0 spiro atoms. The Balaban J connectivity index is 2.20. The first kappa shape index (κ1) is 19.0. The van der Waals surface area contributed by atoms with Crippen molar-refractivity contribution >= 4 is 40.6 Å². The van der Waals surface area contributed by atoms with Gasteiger partial charge in [-0.05, 0) is 29.8 Å². The molecule has 0 aliphatic carbocycles. The zero-order valence-corrected chi connectivity index (χ0v) is 15.6. The Kier molecular flexibility index (Phi) is 5.18. The highest BCUT2D eigenvalue weighted by molar-refractivity contribution is 6.68. The standard InChI is InChI=1S/C19H13Cl3FNO2/c20-19(21,22)18(25)10-15(12-4-2-1-3-5-12)16(11-24)17(26-18)13-6-8-14(23)9-7-13/h1-9,15,25H,10H2/t15-,18+/m1/s1. The molecule has 1 N–H and O–H groups in total. The van der Waals surface area contributed by atoms with Crippen LogP contribution in [0.4, 0.5) is 4.39 Å². The fourth-order valence-corrected chi connectivity index (χ4v) is 3.24. The summed E-state index contributed by atoms with van der Waals surface area (Å²) in [6.45, 7) is 0. The van der Waals surface area contributed by atoms with E-state index in [0.717, 1.165) is 5.56 Å². The van der Waals surface area contributed by atoms with Crippen molar-refractivity contribution in [2.75, 3.05) is 0 Å². The number of rotatable bonds is 2. The van der Waals surface area contributed by atoms with Gasteiger partial charge in [0.25, 0.3) is 9.58 Å². The number of nitriles is 1. The molecule has 7 heteroatoms. The minimum atomic E-state index is -2.16. The van der Waals surface area contributed by atoms with Crippen molar-refractivity contribution in [1.29, 1.82) is 5.26 Å². The Labute approximate surface area is 165 Å². The van der Waals surface area contributed by atoms with Crippen molar-refractivity contribution in [2.24, 2.45) is 0 Å². The van der Waals surface area contributed by atoms with Crippen LogP contribution in [0, 0.1) is 17.1 Å². The highest BCUT2D eigenvalue weighted by atomic mass is 35.6. The lowest BCUT2D eigenvalue weighted by molar-refractivity contribution is -0.166. The first-order valence-corrected chi connectivity index (χ1v) is 8.82. The first-order chi connectivity index (χ1) is 12.2. The van der Waals surface area contributed by atoms with Crippen molar-refractivity contribution in [3.63, 3.8) is 0 Å². The Bertz CT molecular complexity index is 872. The maximum atomic E-state index is 13.3. The molecule has 0 amide bonds. The van der Waals surface area contributed by atoms with Gasteiger partial charge >= 0.3 is 0 Å². The van der Waals surface area contributed by atoms with Gasteiger partial charge in [-0.1, -0.05) is 65.1 Å². The molecule has 1 aliphatic rings. The van der Waals surface area contributed by atoms with E-state index in [2.05, 4.69) is 6.07 Å². The van der Waals surface area contributed by atoms with Gasteiger partial charge in [0.2, 0.25) is 0 Å². The van der Waals surface area contributed by atoms with Crippen LogP contribution in [0.5, 0.6) is 0 Å². The van der Waals surface area contributed by atoms with Crippen LogP contribution in [0.1, 0.15) is 23.5 Å². The van der Waals surface area contributed by atoms with Gasteiger partial charge in [-0.15, -0.1) is 0 Å². The Morgan fingerprint density at radius 1 is 1.12 bits per heavy atom. The van der Waals surface area contributed by atoms with Crippen LogP contribution in [0.15, 0.2) is 60.2 Å². The van der Waals surface area contributed by atoms with Gasteiger partial charge in [0.15, 0.2) is 0 Å². The van der Waals surface area contributed by atoms with Crippen LogP contribution in [-0.4, -0.2) is 14.7 Å². The molecule has 1 heterocycles. The minimum Gasteiger partial charge on any atom is -0.456 e. The summed E-state index contributed by atoms with van der Waals surface area (Å²) in [4.78, 5) is 0. The number of aliphatic hydroxyl groups is 1. The molecule has 0 radical (unpaired) electrons. The molecule has 0 fully saturated rings. The smallest absolute Gasteiger partial charge is 0.256 e. The summed E-state index contributed by atoms with van der Waals surface area (Å²) in [7, 11) is 0. The summed E-state index contributed by atoms with van der Waals surface area (Å²) in [6.07, 6.45) is -0.124. The van der Waals surface area contributed by atoms with Gasteiger partial charge in [-0.3, -0.25) is 0 Å². The zero-order valence-electron chi connectivity index (χ0n) is 13.3. The predicted octanol–water partition coefficient (Wildman–Crippen LogP) is 5.32. The van der Waals surface area contributed by atoms with Gasteiger partial charge in [0.1, 0.15) is 11.6 Å². The number of halogens is 4. The fourth-order valence-electron chi connectivity index (χ4n) is 2.89. The molecule has 134 valence electrons. The molecule has 0 aromatic heterocycles. The quantitative estimate of drug-likeness (QED) is 0.679. The summed E-state index contributed by atoms with van der Waals surface area (Å²) in [5.41, 5.74) is 1.43. The lowest BCUT2D eigenvalue weighted by Crippen LogP contribution is -2.48. The largest absolute Gasteiger partial charge is 0.456 e. The molecule has 0 unspecified atom stereocenters. The lowest BCUT2D eigenvalue weighted by Gasteiger charge is -2.42. The van der Waals surface area contributed by atoms with E-state index in [9.17, 15) is 14.8 Å². The van der Waals surface area contributed by atoms with Crippen LogP contribution < -0.4 is 0 Å². The molecule has 3 rings (SSSR count). The molecule has 0 bridgehead atoms. The molecule has 0 saturated carbocycles. The summed E-state index contributed by atoms with van der Waals surface area (Å²) in [5.74, 6) is -3.11. The number of hydrogen-bond donors (Lipinski definition) is 1. The van der Waals surface area contributed by atoms with E-state index in [4.69, 9.17) is 39.5 Å². The normalized spacial score (nSPS) is 23.3. The van der Waals surface area contributed by atoms with Crippen LogP contribution in [-0.2, 0) is 4.74 Å². The second-order valence-electron chi connectivity index (χ2n) is 5.91. The number of allylic oxidation sites excluding steroid dienone is 1. The van der Waals surface area contributed by atoms with Crippen molar-refractivity contribution in [3.05, 3.63) is 77.1 Å². The predicted molar refractivity (Wildman–Crippen MR) is 99.1 cm³/mol. The molecule has 1 aliphatic heterocycles. The molecule has 2 atom stereocenters. The molecule has 3 nitrogen and oxygen atoms in total. The monoisotopic (exact) mass is 411 g/mol. The SMILES string of the molecule is N#CC1=C(c2ccc(F)cc2)O[C@](O)(C(Cl)(Cl)Cl)C[C@@H]1c1ccccc1. The first-order valence-electron chi connectivity index (χ1n) is 7.68. The molecule has 2 aromatic carbocycles. The molecular weight excluding hydrogens is 400 g/mol. The number of hydrogen-bond acceptors (Lipinski definition) is 3. The second kappa shape index (κ2) is 7.09. The Morgan fingerprint density at radius 3 is 2.27 bits per heavy atom. The van der Waals surface area contributed by atoms with Gasteiger partial charge < -0.3 is 9.84 Å². The highest BCUT2D eigenvalue weighted by Gasteiger charge is 2.55. The van der Waals surface area contributed by atoms with E-state index in [1.807, 2.05) is 30.3 Å². The van der Waals surface area contributed by atoms with Gasteiger partial charge in [0.05, 0.1) is 11.6 Å². The second-order valence-corrected chi connectivity index (χ2v) is 8.19.